The Hall–Kier alpha value is -1.39. The van der Waals surface area contributed by atoms with Crippen LogP contribution in [0.5, 0.6) is 5.75 Å². The molecule has 2 aromatic carbocycles. The Morgan fingerprint density at radius 1 is 1.09 bits per heavy atom. The molecule has 4 heteroatoms. The first-order valence-corrected chi connectivity index (χ1v) is 11.4. The van der Waals surface area contributed by atoms with Crippen molar-refractivity contribution < 1.29 is 9.22 Å². The molecule has 0 aliphatic carbocycles. The second kappa shape index (κ2) is 6.61. The van der Waals surface area contributed by atoms with Crippen molar-refractivity contribution in [2.24, 2.45) is 0 Å². The van der Waals surface area contributed by atoms with E-state index in [1.54, 1.807) is 0 Å². The summed E-state index contributed by atoms with van der Waals surface area (Å²) in [6.07, 6.45) is 0.890. The zero-order valence-electron chi connectivity index (χ0n) is 14.3. The predicted molar refractivity (Wildman–Crippen MR) is 103 cm³/mol. The fourth-order valence-corrected chi connectivity index (χ4v) is 3.74. The SMILES string of the molecule is CC(C)(C)[Si](C)(C)Oc1cccc(-c2c(Br)cccc2C=O)c1. The first-order chi connectivity index (χ1) is 10.7. The zero-order chi connectivity index (χ0) is 17.3. The maximum Gasteiger partial charge on any atom is 0.250 e. The lowest BCUT2D eigenvalue weighted by molar-refractivity contribution is 0.112. The molecule has 0 aliphatic rings. The molecule has 2 nitrogen and oxygen atoms in total. The summed E-state index contributed by atoms with van der Waals surface area (Å²) in [5.74, 6) is 0.863. The van der Waals surface area contributed by atoms with Crippen molar-refractivity contribution in [1.29, 1.82) is 0 Å². The highest BCUT2D eigenvalue weighted by atomic mass is 79.9. The van der Waals surface area contributed by atoms with Gasteiger partial charge in [-0.1, -0.05) is 61.0 Å². The highest BCUT2D eigenvalue weighted by Crippen LogP contribution is 2.39. The zero-order valence-corrected chi connectivity index (χ0v) is 16.9. The smallest absolute Gasteiger partial charge is 0.250 e. The number of aldehydes is 1. The van der Waals surface area contributed by atoms with Crippen LogP contribution in [0.15, 0.2) is 46.9 Å². The average molecular weight is 391 g/mol. The fourth-order valence-electron chi connectivity index (χ4n) is 2.11. The highest BCUT2D eigenvalue weighted by molar-refractivity contribution is 9.10. The van der Waals surface area contributed by atoms with E-state index >= 15 is 0 Å². The maximum absolute atomic E-state index is 11.4. The van der Waals surface area contributed by atoms with Crippen molar-refractivity contribution in [3.8, 4) is 16.9 Å². The molecular formula is C19H23BrO2Si. The Kier molecular flexibility index (Phi) is 5.16. The molecule has 0 spiro atoms. The van der Waals surface area contributed by atoms with Crippen LogP contribution in [-0.2, 0) is 0 Å². The summed E-state index contributed by atoms with van der Waals surface area (Å²) in [7, 11) is -1.89. The maximum atomic E-state index is 11.4. The third-order valence-electron chi connectivity index (χ3n) is 4.47. The number of hydrogen-bond donors (Lipinski definition) is 0. The van der Waals surface area contributed by atoms with E-state index in [0.29, 0.717) is 5.56 Å². The van der Waals surface area contributed by atoms with Gasteiger partial charge in [0.15, 0.2) is 6.29 Å². The molecule has 122 valence electrons. The van der Waals surface area contributed by atoms with Crippen LogP contribution in [0.2, 0.25) is 18.1 Å². The van der Waals surface area contributed by atoms with Crippen LogP contribution in [0.25, 0.3) is 11.1 Å². The normalized spacial score (nSPS) is 12.1. The van der Waals surface area contributed by atoms with Gasteiger partial charge in [0.1, 0.15) is 5.75 Å². The number of halogens is 1. The first kappa shape index (κ1) is 18.0. The average Bonchev–Trinajstić information content (AvgIpc) is 2.45. The molecule has 0 fully saturated rings. The minimum atomic E-state index is -1.89. The molecule has 0 unspecified atom stereocenters. The molecule has 0 amide bonds. The van der Waals surface area contributed by atoms with Crippen molar-refractivity contribution in [3.05, 3.63) is 52.5 Å². The summed E-state index contributed by atoms with van der Waals surface area (Å²) < 4.78 is 7.29. The highest BCUT2D eigenvalue weighted by Gasteiger charge is 2.38. The summed E-state index contributed by atoms with van der Waals surface area (Å²) >= 11 is 3.55. The number of carbonyl (C=O) groups excluding carboxylic acids is 1. The third-order valence-corrected chi connectivity index (χ3v) is 9.49. The summed E-state index contributed by atoms with van der Waals surface area (Å²) in [6.45, 7) is 11.1. The van der Waals surface area contributed by atoms with Crippen molar-refractivity contribution >= 4 is 30.5 Å². The first-order valence-electron chi connectivity index (χ1n) is 7.69. The van der Waals surface area contributed by atoms with Gasteiger partial charge in [0.05, 0.1) is 0 Å². The molecule has 0 N–H and O–H groups in total. The van der Waals surface area contributed by atoms with E-state index in [-0.39, 0.29) is 5.04 Å². The van der Waals surface area contributed by atoms with Gasteiger partial charge in [-0.15, -0.1) is 0 Å². The van der Waals surface area contributed by atoms with Gasteiger partial charge in [-0.2, -0.15) is 0 Å². The Bertz CT molecular complexity index is 718. The van der Waals surface area contributed by atoms with E-state index in [2.05, 4.69) is 49.8 Å². The summed E-state index contributed by atoms with van der Waals surface area (Å²) in [4.78, 5) is 11.4. The largest absolute Gasteiger partial charge is 0.543 e. The topological polar surface area (TPSA) is 26.3 Å². The molecule has 0 bridgehead atoms. The molecule has 0 atom stereocenters. The number of rotatable bonds is 4. The van der Waals surface area contributed by atoms with Gasteiger partial charge in [0.25, 0.3) is 0 Å². The quantitative estimate of drug-likeness (QED) is 0.451. The summed E-state index contributed by atoms with van der Waals surface area (Å²) in [6, 6.07) is 13.6. The van der Waals surface area contributed by atoms with Gasteiger partial charge in [0.2, 0.25) is 8.32 Å². The van der Waals surface area contributed by atoms with Crippen molar-refractivity contribution in [2.45, 2.75) is 38.9 Å². The van der Waals surface area contributed by atoms with Crippen molar-refractivity contribution in [1.82, 2.24) is 0 Å². The molecule has 0 aliphatic heterocycles. The Balaban J connectivity index is 2.45. The minimum absolute atomic E-state index is 0.143. The van der Waals surface area contributed by atoms with Crippen molar-refractivity contribution in [3.63, 3.8) is 0 Å². The Labute approximate surface area is 148 Å². The standard InChI is InChI=1S/C19H23BrO2Si/c1-19(2,3)23(4,5)22-16-10-6-8-14(12-16)18-15(13-21)9-7-11-17(18)20/h6-13H,1-5H3. The predicted octanol–water partition coefficient (Wildman–Crippen LogP) is 6.31. The van der Waals surface area contributed by atoms with Gasteiger partial charge in [-0.3, -0.25) is 4.79 Å². The summed E-state index contributed by atoms with van der Waals surface area (Å²) in [5, 5.41) is 0.143. The molecule has 2 aromatic rings. The monoisotopic (exact) mass is 390 g/mol. The van der Waals surface area contributed by atoms with Crippen LogP contribution < -0.4 is 4.43 Å². The van der Waals surface area contributed by atoms with E-state index in [9.17, 15) is 4.79 Å². The summed E-state index contributed by atoms with van der Waals surface area (Å²) in [5.41, 5.74) is 2.56. The molecule has 0 saturated heterocycles. The van der Waals surface area contributed by atoms with E-state index in [4.69, 9.17) is 4.43 Å². The minimum Gasteiger partial charge on any atom is -0.543 e. The fraction of sp³-hybridized carbons (Fsp3) is 0.316. The number of hydrogen-bond acceptors (Lipinski definition) is 2. The van der Waals surface area contributed by atoms with Crippen molar-refractivity contribution in [2.75, 3.05) is 0 Å². The molecular weight excluding hydrogens is 368 g/mol. The van der Waals surface area contributed by atoms with Crippen LogP contribution in [0.4, 0.5) is 0 Å². The molecule has 2 rings (SSSR count). The Morgan fingerprint density at radius 2 is 1.74 bits per heavy atom. The molecule has 0 heterocycles. The lowest BCUT2D eigenvalue weighted by Gasteiger charge is -2.36. The molecule has 0 saturated carbocycles. The second-order valence-electron chi connectivity index (χ2n) is 7.21. The van der Waals surface area contributed by atoms with E-state index in [1.165, 1.54) is 0 Å². The van der Waals surface area contributed by atoms with Gasteiger partial charge in [-0.05, 0) is 41.9 Å². The molecule has 0 aromatic heterocycles. The van der Waals surface area contributed by atoms with Crippen LogP contribution in [0.1, 0.15) is 31.1 Å². The number of carbonyl (C=O) groups is 1. The van der Waals surface area contributed by atoms with Gasteiger partial charge >= 0.3 is 0 Å². The van der Waals surface area contributed by atoms with Crippen LogP contribution in [0, 0.1) is 0 Å². The van der Waals surface area contributed by atoms with Gasteiger partial charge in [0, 0.05) is 15.6 Å². The van der Waals surface area contributed by atoms with E-state index in [0.717, 1.165) is 27.6 Å². The van der Waals surface area contributed by atoms with Crippen LogP contribution in [-0.4, -0.2) is 14.6 Å². The molecule has 0 radical (unpaired) electrons. The lowest BCUT2D eigenvalue weighted by Crippen LogP contribution is -2.43. The van der Waals surface area contributed by atoms with Crippen LogP contribution in [0.3, 0.4) is 0 Å². The van der Waals surface area contributed by atoms with Crippen LogP contribution >= 0.6 is 15.9 Å². The molecule has 23 heavy (non-hydrogen) atoms. The Morgan fingerprint density at radius 3 is 2.35 bits per heavy atom. The van der Waals surface area contributed by atoms with E-state index < -0.39 is 8.32 Å². The number of benzene rings is 2. The van der Waals surface area contributed by atoms with E-state index in [1.807, 2.05) is 42.5 Å². The van der Waals surface area contributed by atoms with Gasteiger partial charge < -0.3 is 4.43 Å². The van der Waals surface area contributed by atoms with Gasteiger partial charge in [-0.25, -0.2) is 0 Å². The third kappa shape index (κ3) is 3.93. The lowest BCUT2D eigenvalue weighted by atomic mass is 10.0. The second-order valence-corrected chi connectivity index (χ2v) is 12.8.